The SMILES string of the molecule is Cc1cnc(CN2C[C@@]3(CCCN(C(=O)c4ccc(O)cn4)C3)CCC2=O)cn1. The zero-order valence-electron chi connectivity index (χ0n) is 16.5. The fourth-order valence-electron chi connectivity index (χ4n) is 4.33. The minimum atomic E-state index is -0.128. The molecule has 0 radical (unpaired) electrons. The molecule has 0 aromatic carbocycles. The van der Waals surface area contributed by atoms with E-state index in [4.69, 9.17) is 0 Å². The molecule has 0 unspecified atom stereocenters. The van der Waals surface area contributed by atoms with E-state index in [1.807, 2.05) is 16.7 Å². The Labute approximate surface area is 169 Å². The van der Waals surface area contributed by atoms with E-state index in [0.717, 1.165) is 30.7 Å². The van der Waals surface area contributed by atoms with Crippen molar-refractivity contribution in [1.29, 1.82) is 0 Å². The van der Waals surface area contributed by atoms with E-state index in [0.29, 0.717) is 38.3 Å². The van der Waals surface area contributed by atoms with E-state index in [2.05, 4.69) is 15.0 Å². The van der Waals surface area contributed by atoms with Gasteiger partial charge >= 0.3 is 0 Å². The van der Waals surface area contributed by atoms with Crippen LogP contribution < -0.4 is 0 Å². The molecule has 8 heteroatoms. The van der Waals surface area contributed by atoms with Crippen molar-refractivity contribution in [2.75, 3.05) is 19.6 Å². The Morgan fingerprint density at radius 3 is 2.72 bits per heavy atom. The molecule has 2 fully saturated rings. The van der Waals surface area contributed by atoms with Crippen LogP contribution in [0.5, 0.6) is 5.75 Å². The molecule has 1 atom stereocenters. The van der Waals surface area contributed by atoms with Crippen molar-refractivity contribution in [2.45, 2.75) is 39.2 Å². The Morgan fingerprint density at radius 1 is 1.14 bits per heavy atom. The second-order valence-electron chi connectivity index (χ2n) is 8.13. The van der Waals surface area contributed by atoms with E-state index >= 15 is 0 Å². The predicted octanol–water partition coefficient (Wildman–Crippen LogP) is 1.93. The summed E-state index contributed by atoms with van der Waals surface area (Å²) in [5.41, 5.74) is 1.85. The predicted molar refractivity (Wildman–Crippen MR) is 105 cm³/mol. The Morgan fingerprint density at radius 2 is 2.00 bits per heavy atom. The smallest absolute Gasteiger partial charge is 0.272 e. The highest BCUT2D eigenvalue weighted by atomic mass is 16.3. The molecule has 2 amide bonds. The summed E-state index contributed by atoms with van der Waals surface area (Å²) >= 11 is 0. The number of hydrogen-bond donors (Lipinski definition) is 1. The van der Waals surface area contributed by atoms with Crippen LogP contribution in [-0.4, -0.2) is 61.3 Å². The van der Waals surface area contributed by atoms with Gasteiger partial charge < -0.3 is 14.9 Å². The van der Waals surface area contributed by atoms with Crippen LogP contribution in [0.1, 0.15) is 47.6 Å². The zero-order valence-corrected chi connectivity index (χ0v) is 16.5. The number of piperidine rings is 2. The van der Waals surface area contributed by atoms with E-state index in [9.17, 15) is 14.7 Å². The van der Waals surface area contributed by atoms with Gasteiger partial charge in [-0.1, -0.05) is 0 Å². The van der Waals surface area contributed by atoms with Gasteiger partial charge in [0.15, 0.2) is 0 Å². The van der Waals surface area contributed by atoms with Crippen LogP contribution in [0.15, 0.2) is 30.7 Å². The second kappa shape index (κ2) is 7.77. The fourth-order valence-corrected chi connectivity index (χ4v) is 4.33. The van der Waals surface area contributed by atoms with Crippen molar-refractivity contribution in [1.82, 2.24) is 24.8 Å². The number of aromatic nitrogens is 3. The number of amides is 2. The van der Waals surface area contributed by atoms with Gasteiger partial charge in [0.05, 0.1) is 30.3 Å². The van der Waals surface area contributed by atoms with Crippen LogP contribution in [0.3, 0.4) is 0 Å². The first kappa shape index (κ1) is 19.3. The van der Waals surface area contributed by atoms with Gasteiger partial charge in [-0.05, 0) is 38.3 Å². The lowest BCUT2D eigenvalue weighted by atomic mass is 9.73. The molecule has 0 bridgehead atoms. The number of aryl methyl sites for hydroxylation is 1. The molecule has 8 nitrogen and oxygen atoms in total. The molecule has 2 aromatic heterocycles. The lowest BCUT2D eigenvalue weighted by Gasteiger charge is -2.48. The minimum Gasteiger partial charge on any atom is -0.506 e. The van der Waals surface area contributed by atoms with E-state index in [1.54, 1.807) is 18.5 Å². The highest BCUT2D eigenvalue weighted by molar-refractivity contribution is 5.92. The number of hydrogen-bond acceptors (Lipinski definition) is 6. The van der Waals surface area contributed by atoms with Crippen molar-refractivity contribution in [3.63, 3.8) is 0 Å². The first-order valence-corrected chi connectivity index (χ1v) is 9.94. The van der Waals surface area contributed by atoms with Crippen molar-refractivity contribution < 1.29 is 14.7 Å². The number of aromatic hydroxyl groups is 1. The summed E-state index contributed by atoms with van der Waals surface area (Å²) in [4.78, 5) is 41.8. The third-order valence-electron chi connectivity index (χ3n) is 5.85. The standard InChI is InChI=1S/C21H25N5O3/c1-15-9-23-16(10-22-15)12-26-14-21(7-5-19(26)28)6-2-8-25(13-21)20(29)18-4-3-17(27)11-24-18/h3-4,9-11,27H,2,5-8,12-14H2,1H3/t21-/m0/s1. The van der Waals surface area contributed by atoms with E-state index in [-0.39, 0.29) is 23.0 Å². The molecule has 152 valence electrons. The summed E-state index contributed by atoms with van der Waals surface area (Å²) in [6.07, 6.45) is 7.88. The molecule has 2 saturated heterocycles. The molecule has 29 heavy (non-hydrogen) atoms. The summed E-state index contributed by atoms with van der Waals surface area (Å²) in [5, 5.41) is 9.40. The van der Waals surface area contributed by atoms with Gasteiger partial charge in [0.1, 0.15) is 11.4 Å². The van der Waals surface area contributed by atoms with Gasteiger partial charge in [0.2, 0.25) is 5.91 Å². The number of carbonyl (C=O) groups is 2. The quantitative estimate of drug-likeness (QED) is 0.853. The molecule has 4 heterocycles. The van der Waals surface area contributed by atoms with Crippen LogP contribution >= 0.6 is 0 Å². The summed E-state index contributed by atoms with van der Waals surface area (Å²) < 4.78 is 0. The van der Waals surface area contributed by atoms with Crippen LogP contribution in [0.2, 0.25) is 0 Å². The molecule has 4 rings (SSSR count). The maximum Gasteiger partial charge on any atom is 0.272 e. The van der Waals surface area contributed by atoms with Crippen LogP contribution in [0.25, 0.3) is 0 Å². The third-order valence-corrected chi connectivity index (χ3v) is 5.85. The topological polar surface area (TPSA) is 99.5 Å². The van der Waals surface area contributed by atoms with Crippen molar-refractivity contribution in [2.24, 2.45) is 5.41 Å². The van der Waals surface area contributed by atoms with E-state index in [1.165, 1.54) is 12.3 Å². The number of nitrogens with zero attached hydrogens (tertiary/aromatic N) is 5. The van der Waals surface area contributed by atoms with Gasteiger partial charge in [-0.25, -0.2) is 4.98 Å². The number of rotatable bonds is 3. The Hall–Kier alpha value is -3.03. The molecule has 2 aromatic rings. The maximum absolute atomic E-state index is 12.9. The fraction of sp³-hybridized carbons (Fsp3) is 0.476. The Kier molecular flexibility index (Phi) is 5.17. The lowest BCUT2D eigenvalue weighted by Crippen LogP contribution is -2.55. The highest BCUT2D eigenvalue weighted by Crippen LogP contribution is 2.39. The molecule has 0 aliphatic carbocycles. The molecule has 2 aliphatic heterocycles. The summed E-state index contributed by atoms with van der Waals surface area (Å²) in [6.45, 7) is 4.24. The normalized spacial score (nSPS) is 22.2. The van der Waals surface area contributed by atoms with Gasteiger partial charge in [-0.2, -0.15) is 0 Å². The van der Waals surface area contributed by atoms with Crippen LogP contribution in [-0.2, 0) is 11.3 Å². The third kappa shape index (κ3) is 4.21. The van der Waals surface area contributed by atoms with Gasteiger partial charge in [-0.15, -0.1) is 0 Å². The number of carbonyl (C=O) groups excluding carboxylic acids is 2. The molecule has 2 aliphatic rings. The van der Waals surface area contributed by atoms with Crippen molar-refractivity contribution in [3.8, 4) is 5.75 Å². The van der Waals surface area contributed by atoms with Gasteiger partial charge in [0, 0.05) is 37.7 Å². The number of likely N-dealkylation sites (tertiary alicyclic amines) is 2. The second-order valence-corrected chi connectivity index (χ2v) is 8.13. The summed E-state index contributed by atoms with van der Waals surface area (Å²) in [6, 6.07) is 3.02. The van der Waals surface area contributed by atoms with Crippen molar-refractivity contribution >= 4 is 11.8 Å². The first-order valence-electron chi connectivity index (χ1n) is 9.94. The first-order chi connectivity index (χ1) is 13.9. The monoisotopic (exact) mass is 395 g/mol. The van der Waals surface area contributed by atoms with Crippen LogP contribution in [0, 0.1) is 12.3 Å². The highest BCUT2D eigenvalue weighted by Gasteiger charge is 2.43. The summed E-state index contributed by atoms with van der Waals surface area (Å²) in [7, 11) is 0. The maximum atomic E-state index is 12.9. The van der Waals surface area contributed by atoms with Crippen LogP contribution in [0.4, 0.5) is 0 Å². The molecule has 1 spiro atoms. The van der Waals surface area contributed by atoms with Gasteiger partial charge in [-0.3, -0.25) is 19.6 Å². The summed E-state index contributed by atoms with van der Waals surface area (Å²) in [5.74, 6) is 0.0379. The molecule has 0 saturated carbocycles. The molecular weight excluding hydrogens is 370 g/mol. The van der Waals surface area contributed by atoms with Gasteiger partial charge in [0.25, 0.3) is 5.91 Å². The largest absolute Gasteiger partial charge is 0.506 e. The molecule has 1 N–H and O–H groups in total. The average Bonchev–Trinajstić information content (AvgIpc) is 2.73. The lowest BCUT2D eigenvalue weighted by molar-refractivity contribution is -0.139. The van der Waals surface area contributed by atoms with Crippen molar-refractivity contribution in [3.05, 3.63) is 47.8 Å². The average molecular weight is 395 g/mol. The minimum absolute atomic E-state index is 0.0392. The number of pyridine rings is 1. The Bertz CT molecular complexity index is 894. The van der Waals surface area contributed by atoms with E-state index < -0.39 is 0 Å². The Balaban J connectivity index is 1.47. The zero-order chi connectivity index (χ0) is 20.4. The molecular formula is C21H25N5O3.